The van der Waals surface area contributed by atoms with Gasteiger partial charge in [-0.05, 0) is 24.3 Å². The maximum absolute atomic E-state index is 11.8. The Morgan fingerprint density at radius 2 is 1.73 bits per heavy atom. The molecule has 0 aliphatic rings. The number of hydrogen-bond acceptors (Lipinski definition) is 5. The van der Waals surface area contributed by atoms with Crippen LogP contribution in [0.15, 0.2) is 60.6 Å². The Labute approximate surface area is 128 Å². The molecule has 0 unspecified atom stereocenters. The SMILES string of the molecule is COC(=O)/C=C(\Nc1ccccc1-n1cccc1)C(=O)OC. The highest BCUT2D eigenvalue weighted by atomic mass is 16.5. The molecule has 0 spiro atoms. The summed E-state index contributed by atoms with van der Waals surface area (Å²) in [4.78, 5) is 23.2. The highest BCUT2D eigenvalue weighted by molar-refractivity contribution is 5.99. The molecular weight excluding hydrogens is 284 g/mol. The van der Waals surface area contributed by atoms with Gasteiger partial charge in [0.05, 0.1) is 31.7 Å². The largest absolute Gasteiger partial charge is 0.466 e. The van der Waals surface area contributed by atoms with Crippen molar-refractivity contribution in [2.24, 2.45) is 0 Å². The van der Waals surface area contributed by atoms with E-state index in [0.29, 0.717) is 5.69 Å². The lowest BCUT2D eigenvalue weighted by Gasteiger charge is -2.14. The Morgan fingerprint density at radius 3 is 2.36 bits per heavy atom. The van der Waals surface area contributed by atoms with Gasteiger partial charge in [0.15, 0.2) is 0 Å². The van der Waals surface area contributed by atoms with Crippen LogP contribution >= 0.6 is 0 Å². The maximum Gasteiger partial charge on any atom is 0.354 e. The lowest BCUT2D eigenvalue weighted by atomic mass is 10.2. The van der Waals surface area contributed by atoms with Crippen LogP contribution in [0.5, 0.6) is 0 Å². The lowest BCUT2D eigenvalue weighted by Crippen LogP contribution is -2.16. The van der Waals surface area contributed by atoms with Gasteiger partial charge in [0.1, 0.15) is 5.70 Å². The summed E-state index contributed by atoms with van der Waals surface area (Å²) in [5.74, 6) is -1.31. The molecule has 0 aliphatic heterocycles. The van der Waals surface area contributed by atoms with Gasteiger partial charge in [0.25, 0.3) is 0 Å². The first-order valence-corrected chi connectivity index (χ1v) is 6.53. The molecular formula is C16H16N2O4. The van der Waals surface area contributed by atoms with E-state index in [1.165, 1.54) is 14.2 Å². The molecule has 0 fully saturated rings. The number of aromatic nitrogens is 1. The van der Waals surface area contributed by atoms with Gasteiger partial charge < -0.3 is 19.4 Å². The van der Waals surface area contributed by atoms with Crippen molar-refractivity contribution >= 4 is 17.6 Å². The number of benzene rings is 1. The summed E-state index contributed by atoms with van der Waals surface area (Å²) in [6.07, 6.45) is 4.81. The summed E-state index contributed by atoms with van der Waals surface area (Å²) in [6, 6.07) is 11.2. The number of ether oxygens (including phenoxy) is 2. The zero-order valence-electron chi connectivity index (χ0n) is 12.3. The number of methoxy groups -OCH3 is 2. The topological polar surface area (TPSA) is 69.6 Å². The van der Waals surface area contributed by atoms with Crippen molar-refractivity contribution in [3.8, 4) is 5.69 Å². The van der Waals surface area contributed by atoms with E-state index in [1.54, 1.807) is 6.07 Å². The van der Waals surface area contributed by atoms with Gasteiger partial charge in [-0.1, -0.05) is 12.1 Å². The Hall–Kier alpha value is -3.02. The predicted octanol–water partition coefficient (Wildman–Crippen LogP) is 2.12. The van der Waals surface area contributed by atoms with Gasteiger partial charge in [0.2, 0.25) is 0 Å². The van der Waals surface area contributed by atoms with E-state index in [-0.39, 0.29) is 5.70 Å². The van der Waals surface area contributed by atoms with Crippen LogP contribution in [0.2, 0.25) is 0 Å². The van der Waals surface area contributed by atoms with Crippen molar-refractivity contribution in [3.63, 3.8) is 0 Å². The molecule has 0 radical (unpaired) electrons. The number of carbonyl (C=O) groups is 2. The molecule has 1 aromatic heterocycles. The molecule has 0 saturated carbocycles. The first-order valence-electron chi connectivity index (χ1n) is 6.53. The fraction of sp³-hybridized carbons (Fsp3) is 0.125. The van der Waals surface area contributed by atoms with E-state index >= 15 is 0 Å². The zero-order chi connectivity index (χ0) is 15.9. The fourth-order valence-electron chi connectivity index (χ4n) is 1.88. The molecule has 1 aromatic carbocycles. The molecule has 2 aromatic rings. The van der Waals surface area contributed by atoms with E-state index in [0.717, 1.165) is 11.8 Å². The molecule has 0 aliphatic carbocycles. The fourth-order valence-corrected chi connectivity index (χ4v) is 1.88. The highest BCUT2D eigenvalue weighted by Gasteiger charge is 2.14. The van der Waals surface area contributed by atoms with Crippen LogP contribution in [0, 0.1) is 0 Å². The van der Waals surface area contributed by atoms with Gasteiger partial charge in [-0.25, -0.2) is 9.59 Å². The molecule has 6 heteroatoms. The Morgan fingerprint density at radius 1 is 1.05 bits per heavy atom. The van der Waals surface area contributed by atoms with Crippen LogP contribution in [-0.4, -0.2) is 30.7 Å². The monoisotopic (exact) mass is 300 g/mol. The van der Waals surface area contributed by atoms with Gasteiger partial charge >= 0.3 is 11.9 Å². The number of nitrogens with one attached hydrogen (secondary N) is 1. The minimum absolute atomic E-state index is 0.00560. The normalized spacial score (nSPS) is 10.9. The molecule has 22 heavy (non-hydrogen) atoms. The molecule has 1 heterocycles. The van der Waals surface area contributed by atoms with E-state index in [9.17, 15) is 9.59 Å². The van der Waals surface area contributed by atoms with Crippen molar-refractivity contribution in [2.45, 2.75) is 0 Å². The third-order valence-corrected chi connectivity index (χ3v) is 2.92. The van der Waals surface area contributed by atoms with E-state index < -0.39 is 11.9 Å². The van der Waals surface area contributed by atoms with E-state index in [4.69, 9.17) is 0 Å². The lowest BCUT2D eigenvalue weighted by molar-refractivity contribution is -0.138. The smallest absolute Gasteiger partial charge is 0.354 e. The molecule has 114 valence electrons. The number of rotatable bonds is 5. The summed E-state index contributed by atoms with van der Waals surface area (Å²) in [6.45, 7) is 0. The van der Waals surface area contributed by atoms with Crippen LogP contribution in [0.25, 0.3) is 5.69 Å². The Kier molecular flexibility index (Phi) is 4.98. The van der Waals surface area contributed by atoms with Gasteiger partial charge in [0, 0.05) is 12.4 Å². The summed E-state index contributed by atoms with van der Waals surface area (Å²) in [5.41, 5.74) is 1.47. The summed E-state index contributed by atoms with van der Waals surface area (Å²) >= 11 is 0. The average molecular weight is 300 g/mol. The Bertz CT molecular complexity index is 690. The number of carbonyl (C=O) groups excluding carboxylic acids is 2. The maximum atomic E-state index is 11.8. The number of nitrogens with zero attached hydrogens (tertiary/aromatic N) is 1. The van der Waals surface area contributed by atoms with Gasteiger partial charge in [-0.3, -0.25) is 0 Å². The number of esters is 2. The third kappa shape index (κ3) is 3.54. The van der Waals surface area contributed by atoms with E-state index in [2.05, 4.69) is 14.8 Å². The second kappa shape index (κ2) is 7.12. The number of para-hydroxylation sites is 2. The number of hydrogen-bond donors (Lipinski definition) is 1. The van der Waals surface area contributed by atoms with E-state index in [1.807, 2.05) is 47.3 Å². The quantitative estimate of drug-likeness (QED) is 0.676. The summed E-state index contributed by atoms with van der Waals surface area (Å²) in [5, 5.41) is 2.92. The minimum Gasteiger partial charge on any atom is -0.466 e. The molecule has 0 bridgehead atoms. The summed E-state index contributed by atoms with van der Waals surface area (Å²) < 4.78 is 11.1. The summed E-state index contributed by atoms with van der Waals surface area (Å²) in [7, 11) is 2.48. The van der Waals surface area contributed by atoms with Crippen LogP contribution in [-0.2, 0) is 19.1 Å². The van der Waals surface area contributed by atoms with Gasteiger partial charge in [-0.15, -0.1) is 0 Å². The molecule has 1 N–H and O–H groups in total. The minimum atomic E-state index is -0.660. The van der Waals surface area contributed by atoms with Crippen molar-refractivity contribution in [1.29, 1.82) is 0 Å². The Balaban J connectivity index is 2.37. The van der Waals surface area contributed by atoms with Crippen molar-refractivity contribution < 1.29 is 19.1 Å². The van der Waals surface area contributed by atoms with Crippen molar-refractivity contribution in [1.82, 2.24) is 4.57 Å². The van der Waals surface area contributed by atoms with Crippen LogP contribution in [0.4, 0.5) is 5.69 Å². The molecule has 2 rings (SSSR count). The first kappa shape index (κ1) is 15.4. The molecule has 6 nitrogen and oxygen atoms in total. The number of anilines is 1. The molecule has 0 atom stereocenters. The van der Waals surface area contributed by atoms with Crippen LogP contribution < -0.4 is 5.32 Å². The predicted molar refractivity (Wildman–Crippen MR) is 81.5 cm³/mol. The van der Waals surface area contributed by atoms with Crippen LogP contribution in [0.3, 0.4) is 0 Å². The third-order valence-electron chi connectivity index (χ3n) is 2.92. The van der Waals surface area contributed by atoms with Crippen LogP contribution in [0.1, 0.15) is 0 Å². The first-order chi connectivity index (χ1) is 10.7. The van der Waals surface area contributed by atoms with Gasteiger partial charge in [-0.2, -0.15) is 0 Å². The average Bonchev–Trinajstić information content (AvgIpc) is 3.08. The standard InChI is InChI=1S/C16H16N2O4/c1-21-15(19)11-13(16(20)22-2)17-12-7-3-4-8-14(12)18-9-5-6-10-18/h3-11,17H,1-2H3/b13-11-. The second-order valence-electron chi connectivity index (χ2n) is 4.31. The highest BCUT2D eigenvalue weighted by Crippen LogP contribution is 2.22. The van der Waals surface area contributed by atoms with Crippen molar-refractivity contribution in [3.05, 3.63) is 60.6 Å². The molecule has 0 saturated heterocycles. The van der Waals surface area contributed by atoms with Crippen molar-refractivity contribution in [2.75, 3.05) is 19.5 Å². The zero-order valence-corrected chi connectivity index (χ0v) is 12.3. The second-order valence-corrected chi connectivity index (χ2v) is 4.31. The molecule has 0 amide bonds.